The minimum atomic E-state index is 0.118. The topological polar surface area (TPSA) is 49.5 Å². The molecule has 21 heavy (non-hydrogen) atoms. The summed E-state index contributed by atoms with van der Waals surface area (Å²) in [6, 6.07) is 17.9. The number of fused-ring (bicyclic) bond motifs is 1. The summed E-state index contributed by atoms with van der Waals surface area (Å²) in [5.74, 6) is 0.681. The Morgan fingerprint density at radius 3 is 2.48 bits per heavy atom. The van der Waals surface area contributed by atoms with E-state index in [-0.39, 0.29) is 6.61 Å². The molecule has 1 heterocycles. The van der Waals surface area contributed by atoms with Crippen molar-refractivity contribution in [3.05, 3.63) is 66.1 Å². The maximum Gasteiger partial charge on any atom is 0.209 e. The first-order valence-electron chi connectivity index (χ1n) is 7.07. The Morgan fingerprint density at radius 1 is 0.952 bits per heavy atom. The molecule has 1 aromatic heterocycles. The van der Waals surface area contributed by atoms with E-state index in [1.807, 2.05) is 42.5 Å². The normalized spacial score (nSPS) is 11.3. The highest BCUT2D eigenvalue weighted by Crippen LogP contribution is 2.16. The number of aliphatic hydroxyl groups is 1. The SMILES string of the molecule is OCCN(Cc1ccccc1)Cc1nc2ccccc2o1. The molecule has 0 atom stereocenters. The van der Waals surface area contributed by atoms with Crippen molar-refractivity contribution in [2.45, 2.75) is 13.1 Å². The number of benzene rings is 2. The number of rotatable bonds is 6. The fourth-order valence-corrected chi connectivity index (χ4v) is 2.38. The lowest BCUT2D eigenvalue weighted by atomic mass is 10.2. The van der Waals surface area contributed by atoms with Crippen LogP contribution in [0.2, 0.25) is 0 Å². The van der Waals surface area contributed by atoms with Gasteiger partial charge in [-0.05, 0) is 17.7 Å². The molecule has 0 radical (unpaired) electrons. The van der Waals surface area contributed by atoms with Gasteiger partial charge in [0, 0.05) is 13.1 Å². The zero-order chi connectivity index (χ0) is 14.5. The van der Waals surface area contributed by atoms with Gasteiger partial charge in [-0.15, -0.1) is 0 Å². The molecule has 0 saturated carbocycles. The van der Waals surface area contributed by atoms with Crippen molar-refractivity contribution in [1.29, 1.82) is 0 Å². The maximum absolute atomic E-state index is 9.24. The minimum absolute atomic E-state index is 0.118. The van der Waals surface area contributed by atoms with Gasteiger partial charge in [0.25, 0.3) is 0 Å². The molecule has 0 fully saturated rings. The number of hydrogen-bond acceptors (Lipinski definition) is 4. The number of para-hydroxylation sites is 2. The Hall–Kier alpha value is -2.17. The summed E-state index contributed by atoms with van der Waals surface area (Å²) >= 11 is 0. The van der Waals surface area contributed by atoms with Crippen LogP contribution in [-0.2, 0) is 13.1 Å². The van der Waals surface area contributed by atoms with Gasteiger partial charge >= 0.3 is 0 Å². The van der Waals surface area contributed by atoms with Gasteiger partial charge in [0.1, 0.15) is 5.52 Å². The van der Waals surface area contributed by atoms with E-state index in [0.717, 1.165) is 17.6 Å². The summed E-state index contributed by atoms with van der Waals surface area (Å²) in [4.78, 5) is 6.61. The van der Waals surface area contributed by atoms with Crippen molar-refractivity contribution in [2.75, 3.05) is 13.2 Å². The molecule has 0 amide bonds. The van der Waals surface area contributed by atoms with Gasteiger partial charge in [0.05, 0.1) is 13.2 Å². The lowest BCUT2D eigenvalue weighted by Gasteiger charge is -2.19. The predicted molar refractivity (Wildman–Crippen MR) is 81.7 cm³/mol. The monoisotopic (exact) mass is 282 g/mol. The molecular weight excluding hydrogens is 264 g/mol. The molecule has 1 N–H and O–H groups in total. The molecule has 0 unspecified atom stereocenters. The maximum atomic E-state index is 9.24. The van der Waals surface area contributed by atoms with Crippen molar-refractivity contribution in [2.24, 2.45) is 0 Å². The average molecular weight is 282 g/mol. The van der Waals surface area contributed by atoms with Gasteiger partial charge in [-0.3, -0.25) is 4.90 Å². The Bertz CT molecular complexity index is 661. The Kier molecular flexibility index (Phi) is 4.28. The van der Waals surface area contributed by atoms with Gasteiger partial charge in [-0.1, -0.05) is 42.5 Å². The van der Waals surface area contributed by atoms with E-state index in [2.05, 4.69) is 22.0 Å². The van der Waals surface area contributed by atoms with Gasteiger partial charge in [0.2, 0.25) is 5.89 Å². The number of hydrogen-bond donors (Lipinski definition) is 1. The van der Waals surface area contributed by atoms with Crippen molar-refractivity contribution < 1.29 is 9.52 Å². The molecule has 0 bridgehead atoms. The Balaban J connectivity index is 1.75. The fraction of sp³-hybridized carbons (Fsp3) is 0.235. The van der Waals surface area contributed by atoms with Gasteiger partial charge in [0.15, 0.2) is 5.58 Å². The second-order valence-electron chi connectivity index (χ2n) is 5.00. The molecular formula is C17H18N2O2. The molecule has 4 heteroatoms. The smallest absolute Gasteiger partial charge is 0.209 e. The van der Waals surface area contributed by atoms with Crippen LogP contribution in [0.4, 0.5) is 0 Å². The molecule has 2 aromatic carbocycles. The molecule has 0 spiro atoms. The van der Waals surface area contributed by atoms with Crippen LogP contribution >= 0.6 is 0 Å². The largest absolute Gasteiger partial charge is 0.439 e. The van der Waals surface area contributed by atoms with Crippen molar-refractivity contribution >= 4 is 11.1 Å². The number of nitrogens with zero attached hydrogens (tertiary/aromatic N) is 2. The molecule has 0 saturated heterocycles. The number of oxazole rings is 1. The third kappa shape index (κ3) is 3.48. The Morgan fingerprint density at radius 2 is 1.71 bits per heavy atom. The highest BCUT2D eigenvalue weighted by molar-refractivity contribution is 5.72. The van der Waals surface area contributed by atoms with Gasteiger partial charge in [-0.25, -0.2) is 4.98 Å². The second-order valence-corrected chi connectivity index (χ2v) is 5.00. The highest BCUT2D eigenvalue weighted by atomic mass is 16.3. The predicted octanol–water partition coefficient (Wildman–Crippen LogP) is 2.82. The first-order valence-corrected chi connectivity index (χ1v) is 7.07. The van der Waals surface area contributed by atoms with Crippen molar-refractivity contribution in [3.63, 3.8) is 0 Å². The van der Waals surface area contributed by atoms with E-state index < -0.39 is 0 Å². The highest BCUT2D eigenvalue weighted by Gasteiger charge is 2.11. The second kappa shape index (κ2) is 6.52. The van der Waals surface area contributed by atoms with Crippen LogP contribution in [0, 0.1) is 0 Å². The summed E-state index contributed by atoms with van der Waals surface area (Å²) in [6.07, 6.45) is 0. The van der Waals surface area contributed by atoms with Gasteiger partial charge in [-0.2, -0.15) is 0 Å². The van der Waals surface area contributed by atoms with Crippen LogP contribution in [0.25, 0.3) is 11.1 Å². The summed E-state index contributed by atoms with van der Waals surface area (Å²) in [7, 11) is 0. The average Bonchev–Trinajstić information content (AvgIpc) is 2.90. The third-order valence-corrected chi connectivity index (χ3v) is 3.36. The van der Waals surface area contributed by atoms with Crippen LogP contribution in [0.15, 0.2) is 59.0 Å². The zero-order valence-electron chi connectivity index (χ0n) is 11.8. The van der Waals surface area contributed by atoms with E-state index in [0.29, 0.717) is 19.0 Å². The van der Waals surface area contributed by atoms with Crippen LogP contribution in [0.1, 0.15) is 11.5 Å². The van der Waals surface area contributed by atoms with E-state index in [1.54, 1.807) is 0 Å². The van der Waals surface area contributed by atoms with Crippen molar-refractivity contribution in [1.82, 2.24) is 9.88 Å². The molecule has 4 nitrogen and oxygen atoms in total. The first-order chi connectivity index (χ1) is 10.3. The standard InChI is InChI=1S/C17H18N2O2/c20-11-10-19(12-14-6-2-1-3-7-14)13-17-18-15-8-4-5-9-16(15)21-17/h1-9,20H,10-13H2. The summed E-state index contributed by atoms with van der Waals surface area (Å²) in [5.41, 5.74) is 2.88. The first kappa shape index (κ1) is 13.8. The van der Waals surface area contributed by atoms with E-state index in [9.17, 15) is 5.11 Å². The van der Waals surface area contributed by atoms with E-state index >= 15 is 0 Å². The summed E-state index contributed by atoms with van der Waals surface area (Å²) < 4.78 is 5.75. The number of aromatic nitrogens is 1. The third-order valence-electron chi connectivity index (χ3n) is 3.36. The van der Waals surface area contributed by atoms with Crippen LogP contribution in [0.5, 0.6) is 0 Å². The Labute approximate surface area is 123 Å². The lowest BCUT2D eigenvalue weighted by Crippen LogP contribution is -2.26. The minimum Gasteiger partial charge on any atom is -0.439 e. The molecule has 0 aliphatic rings. The molecule has 3 rings (SSSR count). The summed E-state index contributed by atoms with van der Waals surface area (Å²) in [6.45, 7) is 2.06. The molecule has 3 aromatic rings. The molecule has 0 aliphatic carbocycles. The van der Waals surface area contributed by atoms with Crippen molar-refractivity contribution in [3.8, 4) is 0 Å². The van der Waals surface area contributed by atoms with Crippen LogP contribution in [-0.4, -0.2) is 28.1 Å². The van der Waals surface area contributed by atoms with E-state index in [1.165, 1.54) is 5.56 Å². The van der Waals surface area contributed by atoms with Gasteiger partial charge < -0.3 is 9.52 Å². The molecule has 0 aliphatic heterocycles. The fourth-order valence-electron chi connectivity index (χ4n) is 2.38. The van der Waals surface area contributed by atoms with Crippen LogP contribution < -0.4 is 0 Å². The molecule has 108 valence electrons. The summed E-state index contributed by atoms with van der Waals surface area (Å²) in [5, 5.41) is 9.24. The lowest BCUT2D eigenvalue weighted by molar-refractivity contribution is 0.173. The van der Waals surface area contributed by atoms with E-state index in [4.69, 9.17) is 4.42 Å². The zero-order valence-corrected chi connectivity index (χ0v) is 11.8. The quantitative estimate of drug-likeness (QED) is 0.755. The number of aliphatic hydroxyl groups excluding tert-OH is 1. The van der Waals surface area contributed by atoms with Crippen LogP contribution in [0.3, 0.4) is 0 Å².